The smallest absolute Gasteiger partial charge is 0.375 e. The third-order valence-electron chi connectivity index (χ3n) is 2.82. The quantitative estimate of drug-likeness (QED) is 0.916. The molecule has 0 aliphatic carbocycles. The van der Waals surface area contributed by atoms with E-state index in [1.807, 2.05) is 13.0 Å². The summed E-state index contributed by atoms with van der Waals surface area (Å²) in [5.74, 6) is 0. The molecule has 0 unspecified atom stereocenters. The van der Waals surface area contributed by atoms with Gasteiger partial charge in [0.1, 0.15) is 0 Å². The number of fused-ring (bicyclic) bond motifs is 1. The van der Waals surface area contributed by atoms with Crippen LogP contribution in [0.25, 0.3) is 10.2 Å². The predicted molar refractivity (Wildman–Crippen MR) is 75.7 cm³/mol. The highest BCUT2D eigenvalue weighted by molar-refractivity contribution is 7.22. The number of thiazole rings is 1. The molecule has 1 heterocycles. The molecular formula is C13H16F3N3S. The summed E-state index contributed by atoms with van der Waals surface area (Å²) in [6.45, 7) is 1.68. The number of rotatable bonds is 5. The number of hydrogen-bond acceptors (Lipinski definition) is 4. The lowest BCUT2D eigenvalue weighted by atomic mass is 10.2. The van der Waals surface area contributed by atoms with Crippen LogP contribution >= 0.6 is 11.3 Å². The van der Waals surface area contributed by atoms with E-state index in [0.29, 0.717) is 18.1 Å². The molecule has 0 fully saturated rings. The topological polar surface area (TPSA) is 42.2 Å². The van der Waals surface area contributed by atoms with Crippen molar-refractivity contribution >= 4 is 26.7 Å². The lowest BCUT2D eigenvalue weighted by Gasteiger charge is -2.23. The lowest BCUT2D eigenvalue weighted by Crippen LogP contribution is -2.34. The highest BCUT2D eigenvalue weighted by atomic mass is 32.1. The molecule has 0 bridgehead atoms. The van der Waals surface area contributed by atoms with Crippen LogP contribution in [0.1, 0.15) is 18.9 Å². The van der Waals surface area contributed by atoms with Gasteiger partial charge in [0, 0.05) is 6.54 Å². The third kappa shape index (κ3) is 4.08. The van der Waals surface area contributed by atoms with Crippen molar-refractivity contribution < 1.29 is 13.2 Å². The monoisotopic (exact) mass is 303 g/mol. The summed E-state index contributed by atoms with van der Waals surface area (Å²) in [7, 11) is 0. The average Bonchev–Trinajstić information content (AvgIpc) is 2.66. The van der Waals surface area contributed by atoms with E-state index in [9.17, 15) is 13.2 Å². The number of hydrogen-bond donors (Lipinski definition) is 1. The summed E-state index contributed by atoms with van der Waals surface area (Å²) in [6, 6.07) is 5.47. The van der Waals surface area contributed by atoms with E-state index >= 15 is 0 Å². The normalized spacial score (nSPS) is 12.4. The number of alkyl halides is 3. The minimum absolute atomic E-state index is 0.279. The van der Waals surface area contributed by atoms with Gasteiger partial charge < -0.3 is 5.73 Å². The molecule has 0 radical (unpaired) electrons. The summed E-state index contributed by atoms with van der Waals surface area (Å²) in [6.07, 6.45) is -3.49. The highest BCUT2D eigenvalue weighted by Gasteiger charge is 2.30. The van der Waals surface area contributed by atoms with Crippen LogP contribution in [-0.2, 0) is 6.54 Å². The molecule has 2 rings (SSSR count). The number of halogens is 3. The Hall–Kier alpha value is -1.34. The van der Waals surface area contributed by atoms with E-state index in [-0.39, 0.29) is 6.54 Å². The van der Waals surface area contributed by atoms with Gasteiger partial charge in [-0.2, -0.15) is 13.2 Å². The Morgan fingerprint density at radius 1 is 1.35 bits per heavy atom. The molecule has 1 aromatic carbocycles. The number of nitrogens with zero attached hydrogens (tertiary/aromatic N) is 2. The second-order valence-electron chi connectivity index (χ2n) is 4.68. The zero-order valence-corrected chi connectivity index (χ0v) is 11.9. The van der Waals surface area contributed by atoms with Crippen molar-refractivity contribution in [2.75, 3.05) is 18.8 Å². The van der Waals surface area contributed by atoms with E-state index in [1.54, 1.807) is 12.1 Å². The predicted octanol–water partition coefficient (Wildman–Crippen LogP) is 3.65. The molecule has 2 N–H and O–H groups in total. The lowest BCUT2D eigenvalue weighted by molar-refractivity contribution is -0.147. The van der Waals surface area contributed by atoms with Gasteiger partial charge in [0.15, 0.2) is 5.13 Å². The zero-order chi connectivity index (χ0) is 14.8. The van der Waals surface area contributed by atoms with Gasteiger partial charge in [-0.3, -0.25) is 4.90 Å². The number of aromatic nitrogens is 1. The molecule has 0 atom stereocenters. The molecule has 0 saturated carbocycles. The minimum atomic E-state index is -4.17. The van der Waals surface area contributed by atoms with Gasteiger partial charge in [-0.15, -0.1) is 0 Å². The maximum Gasteiger partial charge on any atom is 0.401 e. The van der Waals surface area contributed by atoms with Crippen LogP contribution < -0.4 is 5.73 Å². The van der Waals surface area contributed by atoms with Crippen molar-refractivity contribution in [2.24, 2.45) is 0 Å². The molecule has 7 heteroatoms. The van der Waals surface area contributed by atoms with Crippen LogP contribution in [0, 0.1) is 0 Å². The second kappa shape index (κ2) is 5.97. The Labute approximate surface area is 119 Å². The van der Waals surface area contributed by atoms with E-state index in [0.717, 1.165) is 15.8 Å². The van der Waals surface area contributed by atoms with Crippen molar-refractivity contribution in [2.45, 2.75) is 26.1 Å². The maximum atomic E-state index is 12.5. The van der Waals surface area contributed by atoms with E-state index in [4.69, 9.17) is 5.73 Å². The van der Waals surface area contributed by atoms with Gasteiger partial charge in [-0.1, -0.05) is 24.3 Å². The molecule has 2 aromatic rings. The fraction of sp³-hybridized carbons (Fsp3) is 0.462. The van der Waals surface area contributed by atoms with Crippen LogP contribution in [0.3, 0.4) is 0 Å². The first kappa shape index (κ1) is 15.1. The Balaban J connectivity index is 2.14. The molecule has 20 heavy (non-hydrogen) atoms. The molecule has 3 nitrogen and oxygen atoms in total. The maximum absolute atomic E-state index is 12.5. The summed E-state index contributed by atoms with van der Waals surface area (Å²) in [5, 5.41) is 0.470. The van der Waals surface area contributed by atoms with Crippen molar-refractivity contribution in [1.29, 1.82) is 0 Å². The number of anilines is 1. The van der Waals surface area contributed by atoms with Crippen LogP contribution in [0.5, 0.6) is 0 Å². The molecule has 0 amide bonds. The molecule has 0 saturated heterocycles. The van der Waals surface area contributed by atoms with Crippen molar-refractivity contribution in [3.63, 3.8) is 0 Å². The van der Waals surface area contributed by atoms with Gasteiger partial charge in [0.25, 0.3) is 0 Å². The molecule has 0 spiro atoms. The van der Waals surface area contributed by atoms with Gasteiger partial charge in [0.05, 0.1) is 16.8 Å². The minimum Gasteiger partial charge on any atom is -0.375 e. The molecule has 110 valence electrons. The molecule has 1 aromatic heterocycles. The van der Waals surface area contributed by atoms with E-state index in [1.165, 1.54) is 16.2 Å². The Kier molecular flexibility index (Phi) is 4.49. The number of nitrogens with two attached hydrogens (primary N) is 1. The molecular weight excluding hydrogens is 287 g/mol. The fourth-order valence-electron chi connectivity index (χ4n) is 2.13. The SMILES string of the molecule is CCCN(Cc1ccc2nc(N)sc2c1)CC(F)(F)F. The first-order valence-corrected chi connectivity index (χ1v) is 7.13. The van der Waals surface area contributed by atoms with Crippen LogP contribution in [0.15, 0.2) is 18.2 Å². The van der Waals surface area contributed by atoms with Crippen molar-refractivity contribution in [1.82, 2.24) is 9.88 Å². The average molecular weight is 303 g/mol. The summed E-state index contributed by atoms with van der Waals surface area (Å²) >= 11 is 1.35. The first-order valence-electron chi connectivity index (χ1n) is 6.31. The number of nitrogen functional groups attached to an aromatic ring is 1. The Bertz CT molecular complexity index is 580. The second-order valence-corrected chi connectivity index (χ2v) is 5.74. The van der Waals surface area contributed by atoms with Crippen LogP contribution in [-0.4, -0.2) is 29.1 Å². The highest BCUT2D eigenvalue weighted by Crippen LogP contribution is 2.25. The van der Waals surface area contributed by atoms with Gasteiger partial charge in [-0.05, 0) is 30.7 Å². The largest absolute Gasteiger partial charge is 0.401 e. The third-order valence-corrected chi connectivity index (χ3v) is 3.67. The van der Waals surface area contributed by atoms with E-state index in [2.05, 4.69) is 4.98 Å². The number of benzene rings is 1. The summed E-state index contributed by atoms with van der Waals surface area (Å²) in [5.41, 5.74) is 7.25. The van der Waals surface area contributed by atoms with Gasteiger partial charge in [-0.25, -0.2) is 4.98 Å². The zero-order valence-electron chi connectivity index (χ0n) is 11.1. The standard InChI is InChI=1S/C13H16F3N3S/c1-2-5-19(8-13(14,15)16)7-9-3-4-10-11(6-9)20-12(17)18-10/h3-4,6H,2,5,7-8H2,1H3,(H2,17,18). The summed E-state index contributed by atoms with van der Waals surface area (Å²) in [4.78, 5) is 5.54. The van der Waals surface area contributed by atoms with Gasteiger partial charge >= 0.3 is 6.18 Å². The van der Waals surface area contributed by atoms with Crippen LogP contribution in [0.2, 0.25) is 0 Å². The Morgan fingerprint density at radius 2 is 2.10 bits per heavy atom. The first-order chi connectivity index (χ1) is 9.37. The van der Waals surface area contributed by atoms with Gasteiger partial charge in [0.2, 0.25) is 0 Å². The van der Waals surface area contributed by atoms with Crippen molar-refractivity contribution in [3.05, 3.63) is 23.8 Å². The fourth-order valence-corrected chi connectivity index (χ4v) is 2.93. The molecule has 0 aliphatic rings. The van der Waals surface area contributed by atoms with Crippen molar-refractivity contribution in [3.8, 4) is 0 Å². The molecule has 0 aliphatic heterocycles. The Morgan fingerprint density at radius 3 is 2.75 bits per heavy atom. The van der Waals surface area contributed by atoms with Crippen LogP contribution in [0.4, 0.5) is 18.3 Å². The summed E-state index contributed by atoms with van der Waals surface area (Å²) < 4.78 is 38.5. The van der Waals surface area contributed by atoms with E-state index < -0.39 is 12.7 Å².